The van der Waals surface area contributed by atoms with Crippen LogP contribution in [0.4, 0.5) is 11.8 Å². The van der Waals surface area contributed by atoms with Gasteiger partial charge in [0.2, 0.25) is 11.8 Å². The number of piperazine rings is 1. The highest BCUT2D eigenvalue weighted by molar-refractivity contribution is 5.85. The van der Waals surface area contributed by atoms with Gasteiger partial charge in [-0.1, -0.05) is 6.07 Å². The number of aromatic nitrogens is 5. The molecule has 3 N–H and O–H groups in total. The number of ether oxygens (including phenoxy) is 1. The molecular formula is C22H25ClN8O. The molecule has 32 heavy (non-hydrogen) atoms. The lowest BCUT2D eigenvalue weighted by Gasteiger charge is -2.27. The van der Waals surface area contributed by atoms with E-state index in [1.807, 2.05) is 30.5 Å². The van der Waals surface area contributed by atoms with E-state index in [1.54, 1.807) is 7.11 Å². The van der Waals surface area contributed by atoms with Gasteiger partial charge in [0.1, 0.15) is 12.1 Å². The van der Waals surface area contributed by atoms with Gasteiger partial charge in [0.15, 0.2) is 0 Å². The van der Waals surface area contributed by atoms with E-state index in [1.165, 1.54) is 11.9 Å². The van der Waals surface area contributed by atoms with E-state index in [2.05, 4.69) is 52.6 Å². The molecule has 1 aromatic carbocycles. The second kappa shape index (κ2) is 9.90. The number of benzene rings is 1. The van der Waals surface area contributed by atoms with Gasteiger partial charge in [-0.25, -0.2) is 19.9 Å². The third-order valence-corrected chi connectivity index (χ3v) is 5.32. The van der Waals surface area contributed by atoms with Crippen molar-refractivity contribution >= 4 is 35.2 Å². The van der Waals surface area contributed by atoms with Crippen LogP contribution in [-0.4, -0.2) is 63.1 Å². The number of pyridine rings is 1. The molecule has 5 rings (SSSR count). The van der Waals surface area contributed by atoms with E-state index >= 15 is 0 Å². The van der Waals surface area contributed by atoms with Crippen molar-refractivity contribution in [3.8, 4) is 17.1 Å². The molecule has 166 valence electrons. The minimum Gasteiger partial charge on any atom is -0.481 e. The molecule has 4 heterocycles. The van der Waals surface area contributed by atoms with Gasteiger partial charge in [0.25, 0.3) is 0 Å². The number of aromatic amines is 1. The van der Waals surface area contributed by atoms with Gasteiger partial charge in [0, 0.05) is 50.6 Å². The molecule has 3 aromatic heterocycles. The summed E-state index contributed by atoms with van der Waals surface area (Å²) in [5, 5.41) is 6.68. The van der Waals surface area contributed by atoms with Crippen LogP contribution in [0.2, 0.25) is 0 Å². The maximum absolute atomic E-state index is 5.20. The third kappa shape index (κ3) is 4.96. The van der Waals surface area contributed by atoms with Gasteiger partial charge in [-0.2, -0.15) is 0 Å². The summed E-state index contributed by atoms with van der Waals surface area (Å²) in [7, 11) is 1.59. The first-order valence-corrected chi connectivity index (χ1v) is 10.3. The number of H-pyrrole nitrogens is 1. The smallest absolute Gasteiger partial charge is 0.216 e. The summed E-state index contributed by atoms with van der Waals surface area (Å²) in [5.41, 5.74) is 4.76. The van der Waals surface area contributed by atoms with Crippen LogP contribution in [0.5, 0.6) is 5.88 Å². The van der Waals surface area contributed by atoms with Crippen molar-refractivity contribution in [2.45, 2.75) is 6.54 Å². The molecule has 0 aliphatic carbocycles. The van der Waals surface area contributed by atoms with Crippen molar-refractivity contribution in [3.05, 3.63) is 54.5 Å². The van der Waals surface area contributed by atoms with Crippen molar-refractivity contribution in [3.63, 3.8) is 0 Å². The molecule has 4 aromatic rings. The predicted octanol–water partition coefficient (Wildman–Crippen LogP) is 2.99. The Bertz CT molecular complexity index is 1190. The maximum Gasteiger partial charge on any atom is 0.216 e. The molecule has 0 radical (unpaired) electrons. The van der Waals surface area contributed by atoms with Gasteiger partial charge < -0.3 is 20.4 Å². The van der Waals surface area contributed by atoms with Crippen molar-refractivity contribution < 1.29 is 4.74 Å². The van der Waals surface area contributed by atoms with Crippen LogP contribution < -0.4 is 15.4 Å². The monoisotopic (exact) mass is 452 g/mol. The summed E-state index contributed by atoms with van der Waals surface area (Å²) >= 11 is 0. The lowest BCUT2D eigenvalue weighted by Crippen LogP contribution is -2.42. The quantitative estimate of drug-likeness (QED) is 0.410. The summed E-state index contributed by atoms with van der Waals surface area (Å²) in [6.45, 7) is 5.13. The molecule has 1 fully saturated rings. The van der Waals surface area contributed by atoms with Gasteiger partial charge in [-0.3, -0.25) is 4.90 Å². The van der Waals surface area contributed by atoms with E-state index in [0.717, 1.165) is 60.8 Å². The minimum absolute atomic E-state index is 0. The number of anilines is 2. The number of nitrogens with one attached hydrogen (secondary N) is 3. The molecule has 0 saturated carbocycles. The number of fused-ring (bicyclic) bond motifs is 1. The molecule has 1 saturated heterocycles. The minimum atomic E-state index is 0. The van der Waals surface area contributed by atoms with Crippen LogP contribution in [0.3, 0.4) is 0 Å². The number of halogens is 1. The van der Waals surface area contributed by atoms with Crippen molar-refractivity contribution in [2.24, 2.45) is 0 Å². The molecule has 10 heteroatoms. The highest BCUT2D eigenvalue weighted by Gasteiger charge is 2.11. The maximum atomic E-state index is 5.20. The van der Waals surface area contributed by atoms with Gasteiger partial charge >= 0.3 is 0 Å². The molecule has 0 atom stereocenters. The first-order valence-electron chi connectivity index (χ1n) is 10.3. The first-order chi connectivity index (χ1) is 15.3. The standard InChI is InChI=1S/C22H24N8O.ClH/c1-31-21-12-18(25-14-26-21)16-2-3-17-19(11-16)28-22(27-17)29-20-10-15(4-5-24-20)13-30-8-6-23-7-9-30;/h2-5,10-12,14,23H,6-9,13H2,1H3,(H2,24,27,28,29);1H. The zero-order valence-electron chi connectivity index (χ0n) is 17.7. The van der Waals surface area contributed by atoms with Crippen LogP contribution in [0.15, 0.2) is 48.9 Å². The Morgan fingerprint density at radius 3 is 2.78 bits per heavy atom. The largest absolute Gasteiger partial charge is 0.481 e. The van der Waals surface area contributed by atoms with E-state index in [9.17, 15) is 0 Å². The van der Waals surface area contributed by atoms with E-state index in [-0.39, 0.29) is 12.4 Å². The Balaban J connectivity index is 0.00000245. The number of rotatable bonds is 6. The average Bonchev–Trinajstić information content (AvgIpc) is 3.21. The second-order valence-electron chi connectivity index (χ2n) is 7.46. The van der Waals surface area contributed by atoms with Crippen LogP contribution in [0.1, 0.15) is 5.56 Å². The Morgan fingerprint density at radius 2 is 1.94 bits per heavy atom. The molecule has 1 aliphatic heterocycles. The third-order valence-electron chi connectivity index (χ3n) is 5.32. The lowest BCUT2D eigenvalue weighted by atomic mass is 10.1. The highest BCUT2D eigenvalue weighted by Crippen LogP contribution is 2.25. The Labute approximate surface area is 192 Å². The molecule has 1 aliphatic rings. The molecule has 9 nitrogen and oxygen atoms in total. The molecule has 0 spiro atoms. The van der Waals surface area contributed by atoms with Gasteiger partial charge in [0.05, 0.1) is 23.8 Å². The van der Waals surface area contributed by atoms with Crippen LogP contribution >= 0.6 is 12.4 Å². The van der Waals surface area contributed by atoms with Crippen LogP contribution in [-0.2, 0) is 6.54 Å². The van der Waals surface area contributed by atoms with Crippen LogP contribution in [0, 0.1) is 0 Å². The van der Waals surface area contributed by atoms with Gasteiger partial charge in [-0.05, 0) is 29.8 Å². The fraction of sp³-hybridized carbons (Fsp3) is 0.273. The van der Waals surface area contributed by atoms with E-state index in [4.69, 9.17) is 4.74 Å². The molecular weight excluding hydrogens is 428 g/mol. The fourth-order valence-electron chi connectivity index (χ4n) is 3.73. The van der Waals surface area contributed by atoms with Crippen LogP contribution in [0.25, 0.3) is 22.3 Å². The normalized spacial score (nSPS) is 14.2. The summed E-state index contributed by atoms with van der Waals surface area (Å²) in [6.07, 6.45) is 3.33. The lowest BCUT2D eigenvalue weighted by molar-refractivity contribution is 0.233. The van der Waals surface area contributed by atoms with Gasteiger partial charge in [-0.15, -0.1) is 12.4 Å². The first kappa shape index (κ1) is 21.9. The highest BCUT2D eigenvalue weighted by atomic mass is 35.5. The Morgan fingerprint density at radius 1 is 1.06 bits per heavy atom. The van der Waals surface area contributed by atoms with E-state index < -0.39 is 0 Å². The van der Waals surface area contributed by atoms with Crippen molar-refractivity contribution in [2.75, 3.05) is 38.6 Å². The Kier molecular flexibility index (Phi) is 6.79. The molecule has 0 amide bonds. The molecule has 0 unspecified atom stereocenters. The molecule has 0 bridgehead atoms. The number of imidazole rings is 1. The summed E-state index contributed by atoms with van der Waals surface area (Å²) in [6, 6.07) is 11.9. The summed E-state index contributed by atoms with van der Waals surface area (Å²) in [5.74, 6) is 1.95. The number of hydrogen-bond donors (Lipinski definition) is 3. The number of hydrogen-bond acceptors (Lipinski definition) is 8. The second-order valence-corrected chi connectivity index (χ2v) is 7.46. The number of methoxy groups -OCH3 is 1. The Hall–Kier alpha value is -3.27. The predicted molar refractivity (Wildman–Crippen MR) is 127 cm³/mol. The summed E-state index contributed by atoms with van der Waals surface area (Å²) < 4.78 is 5.20. The number of nitrogens with zero attached hydrogens (tertiary/aromatic N) is 5. The van der Waals surface area contributed by atoms with Crippen molar-refractivity contribution in [1.82, 2.24) is 35.1 Å². The van der Waals surface area contributed by atoms with Crippen molar-refractivity contribution in [1.29, 1.82) is 0 Å². The summed E-state index contributed by atoms with van der Waals surface area (Å²) in [4.78, 5) is 23.3. The topological polar surface area (TPSA) is 104 Å². The SMILES string of the molecule is COc1cc(-c2ccc3nc(Nc4cc(CN5CCNCC5)ccn4)[nH]c3c2)ncn1.Cl. The zero-order valence-corrected chi connectivity index (χ0v) is 18.5. The zero-order chi connectivity index (χ0) is 21.0. The fourth-order valence-corrected chi connectivity index (χ4v) is 3.73. The van der Waals surface area contributed by atoms with E-state index in [0.29, 0.717) is 11.8 Å². The average molecular weight is 453 g/mol.